The summed E-state index contributed by atoms with van der Waals surface area (Å²) in [4.78, 5) is 0.831. The first-order valence-electron chi connectivity index (χ1n) is 5.77. The molecule has 0 unspecified atom stereocenters. The van der Waals surface area contributed by atoms with Crippen LogP contribution in [0.4, 0.5) is 26.3 Å². The SMILES string of the molecule is C=CCCN(CCC=C)CC([O-])(C(F)(F)F)C(F)(F)F.[K+]. The van der Waals surface area contributed by atoms with Crippen LogP contribution in [0, 0.1) is 0 Å². The molecule has 0 bridgehead atoms. The number of alkyl halides is 6. The van der Waals surface area contributed by atoms with E-state index in [1.165, 1.54) is 12.2 Å². The van der Waals surface area contributed by atoms with Crippen LogP contribution in [-0.4, -0.2) is 42.5 Å². The third-order valence-electron chi connectivity index (χ3n) is 2.66. The zero-order valence-corrected chi connectivity index (χ0v) is 14.9. The standard InChI is InChI=1S/C12H16F6NO.K/c1-3-5-7-19(8-6-4-2)9-10(20,11(13,14)15)12(16,17)18;/h3-4H,1-2,5-9H2;/q-1;+1. The summed E-state index contributed by atoms with van der Waals surface area (Å²) in [5, 5.41) is 11.3. The molecule has 0 N–H and O–H groups in total. The molecule has 0 atom stereocenters. The average Bonchev–Trinajstić information content (AvgIpc) is 2.29. The van der Waals surface area contributed by atoms with Crippen LogP contribution in [0.3, 0.4) is 0 Å². The Bertz CT molecular complexity index is 303. The van der Waals surface area contributed by atoms with E-state index in [0.29, 0.717) is 0 Å². The van der Waals surface area contributed by atoms with Crippen molar-refractivity contribution in [3.05, 3.63) is 25.3 Å². The van der Waals surface area contributed by atoms with Crippen LogP contribution in [0.1, 0.15) is 12.8 Å². The first-order valence-corrected chi connectivity index (χ1v) is 5.77. The van der Waals surface area contributed by atoms with E-state index in [0.717, 1.165) is 4.90 Å². The summed E-state index contributed by atoms with van der Waals surface area (Å²) in [6.07, 6.45) is -8.74. The number of rotatable bonds is 8. The minimum absolute atomic E-state index is 0. The van der Waals surface area contributed by atoms with Crippen molar-refractivity contribution in [3.8, 4) is 0 Å². The van der Waals surface area contributed by atoms with Crippen LogP contribution in [0.5, 0.6) is 0 Å². The Hall–Kier alpha value is 0.616. The van der Waals surface area contributed by atoms with E-state index in [-0.39, 0.29) is 77.3 Å². The van der Waals surface area contributed by atoms with E-state index in [4.69, 9.17) is 0 Å². The fourth-order valence-corrected chi connectivity index (χ4v) is 1.47. The van der Waals surface area contributed by atoms with Gasteiger partial charge in [0.2, 0.25) is 0 Å². The van der Waals surface area contributed by atoms with Gasteiger partial charge in [0.1, 0.15) is 0 Å². The molecule has 0 aromatic heterocycles. The number of halogens is 6. The van der Waals surface area contributed by atoms with E-state index < -0.39 is 24.5 Å². The van der Waals surface area contributed by atoms with Gasteiger partial charge in [-0.25, -0.2) is 0 Å². The van der Waals surface area contributed by atoms with Gasteiger partial charge in [0.15, 0.2) is 0 Å². The largest absolute Gasteiger partial charge is 1.00 e. The van der Waals surface area contributed by atoms with Gasteiger partial charge in [0, 0.05) is 19.6 Å². The Morgan fingerprint density at radius 1 is 0.857 bits per heavy atom. The molecule has 0 saturated heterocycles. The van der Waals surface area contributed by atoms with Crippen molar-refractivity contribution in [3.63, 3.8) is 0 Å². The smallest absolute Gasteiger partial charge is 0.835 e. The Morgan fingerprint density at radius 2 is 1.19 bits per heavy atom. The molecule has 0 fully saturated rings. The molecule has 2 nitrogen and oxygen atoms in total. The molecular weight excluding hydrogens is 327 g/mol. The van der Waals surface area contributed by atoms with E-state index >= 15 is 0 Å². The summed E-state index contributed by atoms with van der Waals surface area (Å²) in [6.45, 7) is 4.79. The summed E-state index contributed by atoms with van der Waals surface area (Å²) in [5.74, 6) is 0. The summed E-state index contributed by atoms with van der Waals surface area (Å²) in [6, 6.07) is 0. The average molecular weight is 343 g/mol. The van der Waals surface area contributed by atoms with Gasteiger partial charge in [-0.2, -0.15) is 26.3 Å². The van der Waals surface area contributed by atoms with Crippen molar-refractivity contribution in [2.24, 2.45) is 0 Å². The van der Waals surface area contributed by atoms with Gasteiger partial charge in [-0.15, -0.1) is 13.2 Å². The van der Waals surface area contributed by atoms with Gasteiger partial charge in [-0.3, -0.25) is 0 Å². The molecule has 0 saturated carbocycles. The van der Waals surface area contributed by atoms with E-state index in [9.17, 15) is 31.4 Å². The van der Waals surface area contributed by atoms with Crippen molar-refractivity contribution in [2.75, 3.05) is 19.6 Å². The Labute approximate surface area is 162 Å². The van der Waals surface area contributed by atoms with Gasteiger partial charge in [-0.1, -0.05) is 12.2 Å². The maximum absolute atomic E-state index is 12.5. The second-order valence-corrected chi connectivity index (χ2v) is 4.25. The second-order valence-electron chi connectivity index (χ2n) is 4.25. The Kier molecular flexibility index (Phi) is 11.0. The predicted octanol–water partition coefficient (Wildman–Crippen LogP) is -0.332. The molecule has 21 heavy (non-hydrogen) atoms. The zero-order chi connectivity index (χ0) is 16.0. The van der Waals surface area contributed by atoms with Gasteiger partial charge in [0.05, 0.1) is 5.60 Å². The molecule has 0 aliphatic carbocycles. The summed E-state index contributed by atoms with van der Waals surface area (Å²) < 4.78 is 75.0. The molecule has 118 valence electrons. The molecule has 0 heterocycles. The van der Waals surface area contributed by atoms with Crippen molar-refractivity contribution in [1.82, 2.24) is 4.90 Å². The van der Waals surface area contributed by atoms with Gasteiger partial charge >= 0.3 is 63.7 Å². The van der Waals surface area contributed by atoms with Crippen LogP contribution in [0.2, 0.25) is 0 Å². The van der Waals surface area contributed by atoms with Crippen LogP contribution >= 0.6 is 0 Å². The van der Waals surface area contributed by atoms with Crippen LogP contribution < -0.4 is 56.5 Å². The normalized spacial score (nSPS) is 13.0. The number of nitrogens with zero attached hydrogens (tertiary/aromatic N) is 1. The van der Waals surface area contributed by atoms with Crippen molar-refractivity contribution in [2.45, 2.75) is 30.8 Å². The molecule has 0 amide bonds. The van der Waals surface area contributed by atoms with Crippen LogP contribution in [0.25, 0.3) is 0 Å². The molecule has 0 rings (SSSR count). The fourth-order valence-electron chi connectivity index (χ4n) is 1.47. The summed E-state index contributed by atoms with van der Waals surface area (Å²) in [5.41, 5.74) is -5.00. The van der Waals surface area contributed by atoms with Crippen LogP contribution in [-0.2, 0) is 0 Å². The number of hydrogen-bond acceptors (Lipinski definition) is 2. The molecular formula is C12H16F6KNO. The van der Waals surface area contributed by atoms with Gasteiger partial charge in [0.25, 0.3) is 0 Å². The van der Waals surface area contributed by atoms with E-state index in [2.05, 4.69) is 13.2 Å². The molecule has 0 radical (unpaired) electrons. The molecule has 9 heteroatoms. The third kappa shape index (κ3) is 7.15. The van der Waals surface area contributed by atoms with Crippen molar-refractivity contribution < 1.29 is 82.8 Å². The minimum Gasteiger partial charge on any atom is -0.835 e. The fraction of sp³-hybridized carbons (Fsp3) is 0.667. The van der Waals surface area contributed by atoms with E-state index in [1.807, 2.05) is 0 Å². The van der Waals surface area contributed by atoms with E-state index in [1.54, 1.807) is 0 Å². The Morgan fingerprint density at radius 3 is 1.43 bits per heavy atom. The first-order chi connectivity index (χ1) is 8.99. The monoisotopic (exact) mass is 343 g/mol. The second kappa shape index (κ2) is 9.69. The summed E-state index contributed by atoms with van der Waals surface area (Å²) >= 11 is 0. The maximum Gasteiger partial charge on any atom is 1.00 e. The van der Waals surface area contributed by atoms with Crippen molar-refractivity contribution >= 4 is 0 Å². The molecule has 0 aromatic carbocycles. The first kappa shape index (κ1) is 23.9. The quantitative estimate of drug-likeness (QED) is 0.343. The van der Waals surface area contributed by atoms with Gasteiger partial charge < -0.3 is 10.0 Å². The Balaban J connectivity index is 0. The third-order valence-corrected chi connectivity index (χ3v) is 2.66. The van der Waals surface area contributed by atoms with Gasteiger partial charge in [-0.05, 0) is 12.8 Å². The zero-order valence-electron chi connectivity index (χ0n) is 11.7. The predicted molar refractivity (Wildman–Crippen MR) is 60.9 cm³/mol. The van der Waals surface area contributed by atoms with Crippen LogP contribution in [0.15, 0.2) is 25.3 Å². The summed E-state index contributed by atoms with van der Waals surface area (Å²) in [7, 11) is 0. The minimum atomic E-state index is -5.91. The number of hydrogen-bond donors (Lipinski definition) is 0. The maximum atomic E-state index is 12.5. The molecule has 0 aliphatic heterocycles. The molecule has 0 aromatic rings. The topological polar surface area (TPSA) is 26.3 Å². The van der Waals surface area contributed by atoms with Crippen molar-refractivity contribution in [1.29, 1.82) is 0 Å². The molecule has 0 aliphatic rings. The molecule has 0 spiro atoms.